The maximum absolute atomic E-state index is 10.7. The first kappa shape index (κ1) is 28.4. The highest BCUT2D eigenvalue weighted by Crippen LogP contribution is 2.41. The maximum Gasteiger partial charge on any atom is 0.163 e. The normalized spacial score (nSPS) is 18.2. The fraction of sp³-hybridized carbons (Fsp3) is 0.562. The van der Waals surface area contributed by atoms with Crippen molar-refractivity contribution in [1.82, 2.24) is 0 Å². The predicted molar refractivity (Wildman–Crippen MR) is 149 cm³/mol. The second-order valence-electron chi connectivity index (χ2n) is 10.7. The zero-order valence-electron chi connectivity index (χ0n) is 23.6. The van der Waals surface area contributed by atoms with Crippen LogP contribution in [0.15, 0.2) is 42.5 Å². The molecule has 1 aliphatic heterocycles. The molecule has 0 saturated carbocycles. The minimum atomic E-state index is -0.740. The van der Waals surface area contributed by atoms with Gasteiger partial charge >= 0.3 is 0 Å². The van der Waals surface area contributed by atoms with E-state index in [2.05, 4.69) is 70.2 Å². The molecule has 198 valence electrons. The molecule has 0 spiro atoms. The Morgan fingerprint density at radius 3 is 2.06 bits per heavy atom. The number of aliphatic hydroxyl groups is 1. The Morgan fingerprint density at radius 1 is 0.944 bits per heavy atom. The molecule has 0 radical (unpaired) electrons. The van der Waals surface area contributed by atoms with E-state index in [4.69, 9.17) is 14.2 Å². The van der Waals surface area contributed by atoms with Crippen LogP contribution in [0.1, 0.15) is 95.0 Å². The molecule has 0 unspecified atom stereocenters. The molecule has 36 heavy (non-hydrogen) atoms. The van der Waals surface area contributed by atoms with Gasteiger partial charge in [0.25, 0.3) is 0 Å². The van der Waals surface area contributed by atoms with Crippen LogP contribution in [0.2, 0.25) is 0 Å². The van der Waals surface area contributed by atoms with Gasteiger partial charge in [0, 0.05) is 5.41 Å². The highest BCUT2D eigenvalue weighted by molar-refractivity contribution is 5.57. The Bertz CT molecular complexity index is 1040. The lowest BCUT2D eigenvalue weighted by Crippen LogP contribution is -2.27. The summed E-state index contributed by atoms with van der Waals surface area (Å²) in [6.45, 7) is 17.8. The molecule has 2 aromatic carbocycles. The van der Waals surface area contributed by atoms with E-state index in [0.29, 0.717) is 26.1 Å². The Morgan fingerprint density at radius 2 is 1.56 bits per heavy atom. The minimum absolute atomic E-state index is 0.0503. The smallest absolute Gasteiger partial charge is 0.163 e. The summed E-state index contributed by atoms with van der Waals surface area (Å²) in [6, 6.07) is 13.4. The quantitative estimate of drug-likeness (QED) is 0.351. The highest BCUT2D eigenvalue weighted by Gasteiger charge is 2.34. The van der Waals surface area contributed by atoms with E-state index in [1.54, 1.807) is 0 Å². The van der Waals surface area contributed by atoms with Gasteiger partial charge in [-0.25, -0.2) is 0 Å². The molecule has 1 aliphatic rings. The number of hydrogen-bond acceptors (Lipinski definition) is 4. The Labute approximate surface area is 218 Å². The van der Waals surface area contributed by atoms with Gasteiger partial charge in [-0.15, -0.1) is 0 Å². The summed E-state index contributed by atoms with van der Waals surface area (Å²) in [5, 5.41) is 10.7. The van der Waals surface area contributed by atoms with Gasteiger partial charge < -0.3 is 19.3 Å². The molecule has 0 aliphatic carbocycles. The van der Waals surface area contributed by atoms with E-state index < -0.39 is 11.4 Å². The van der Waals surface area contributed by atoms with Crippen LogP contribution in [0, 0.1) is 13.8 Å². The van der Waals surface area contributed by atoms with Crippen LogP contribution >= 0.6 is 0 Å². The summed E-state index contributed by atoms with van der Waals surface area (Å²) < 4.78 is 17.7. The summed E-state index contributed by atoms with van der Waals surface area (Å²) >= 11 is 0. The molecule has 1 saturated heterocycles. The van der Waals surface area contributed by atoms with Crippen molar-refractivity contribution in [2.45, 2.75) is 104 Å². The van der Waals surface area contributed by atoms with Crippen molar-refractivity contribution in [2.24, 2.45) is 0 Å². The van der Waals surface area contributed by atoms with E-state index in [0.717, 1.165) is 29.7 Å². The van der Waals surface area contributed by atoms with Gasteiger partial charge in [-0.1, -0.05) is 70.2 Å². The average molecular weight is 495 g/mol. The molecule has 1 fully saturated rings. The first-order chi connectivity index (χ1) is 17.0. The molecule has 4 nitrogen and oxygen atoms in total. The van der Waals surface area contributed by atoms with E-state index in [-0.39, 0.29) is 11.5 Å². The summed E-state index contributed by atoms with van der Waals surface area (Å²) in [6.07, 6.45) is 7.41. The molecule has 1 heterocycles. The predicted octanol–water partition coefficient (Wildman–Crippen LogP) is 7.50. The van der Waals surface area contributed by atoms with E-state index in [1.165, 1.54) is 16.7 Å². The van der Waals surface area contributed by atoms with Gasteiger partial charge in [0.1, 0.15) is 18.5 Å². The molecule has 0 aromatic heterocycles. The number of hydrogen-bond donors (Lipinski definition) is 1. The number of benzene rings is 2. The molecule has 2 aromatic rings. The summed E-state index contributed by atoms with van der Waals surface area (Å²) in [5.41, 5.74) is 5.34. The molecule has 1 N–H and O–H groups in total. The second kappa shape index (κ2) is 11.5. The summed E-state index contributed by atoms with van der Waals surface area (Å²) in [4.78, 5) is 0. The van der Waals surface area contributed by atoms with Crippen LogP contribution in [0.4, 0.5) is 0 Å². The topological polar surface area (TPSA) is 47.9 Å². The molecule has 1 atom stereocenters. The summed E-state index contributed by atoms with van der Waals surface area (Å²) in [5.74, 6) is 0.357. The minimum Gasteiger partial charge on any atom is -0.491 e. The Balaban J connectivity index is 1.84. The van der Waals surface area contributed by atoms with Gasteiger partial charge in [-0.05, 0) is 87.3 Å². The SMILES string of the molecule is CCC(O)(/C=C/c1ccc(C(CC)(CC)c2ccc(OC[C@@H]3COC(C)(C)O3)c(C)c2)cc1C)CC. The van der Waals surface area contributed by atoms with Gasteiger partial charge in [-0.3, -0.25) is 0 Å². The van der Waals surface area contributed by atoms with Crippen molar-refractivity contribution in [3.8, 4) is 5.75 Å². The molecular weight excluding hydrogens is 448 g/mol. The van der Waals surface area contributed by atoms with Gasteiger partial charge in [-0.2, -0.15) is 0 Å². The lowest BCUT2D eigenvalue weighted by atomic mass is 9.70. The molecule has 0 bridgehead atoms. The van der Waals surface area contributed by atoms with Crippen molar-refractivity contribution in [3.63, 3.8) is 0 Å². The molecule has 3 rings (SSSR count). The fourth-order valence-electron chi connectivity index (χ4n) is 5.26. The van der Waals surface area contributed by atoms with Crippen molar-refractivity contribution in [3.05, 3.63) is 70.3 Å². The van der Waals surface area contributed by atoms with Gasteiger partial charge in [0.15, 0.2) is 5.79 Å². The highest BCUT2D eigenvalue weighted by atomic mass is 16.7. The van der Waals surface area contributed by atoms with Gasteiger partial charge in [0.05, 0.1) is 12.2 Å². The number of aryl methyl sites for hydroxylation is 2. The standard InChI is InChI=1S/C32H46O4/c1-9-31(33,10-2)18-17-25-13-14-26(19-23(25)5)32(11-3,12-4)27-15-16-29(24(6)20-27)34-21-28-22-35-30(7,8)36-28/h13-20,28,33H,9-12,21-22H2,1-8H3/b18-17+/t28-/m1/s1. The zero-order chi connectivity index (χ0) is 26.6. The first-order valence-corrected chi connectivity index (χ1v) is 13.6. The van der Waals surface area contributed by atoms with Crippen LogP contribution in [-0.4, -0.2) is 35.8 Å². The van der Waals surface area contributed by atoms with Crippen LogP contribution in [0.25, 0.3) is 6.08 Å². The van der Waals surface area contributed by atoms with Crippen LogP contribution in [0.5, 0.6) is 5.75 Å². The van der Waals surface area contributed by atoms with Crippen LogP contribution in [-0.2, 0) is 14.9 Å². The third-order valence-electron chi connectivity index (χ3n) is 8.05. The third-order valence-corrected chi connectivity index (χ3v) is 8.05. The van der Waals surface area contributed by atoms with Gasteiger partial charge in [0.2, 0.25) is 0 Å². The maximum atomic E-state index is 10.7. The summed E-state index contributed by atoms with van der Waals surface area (Å²) in [7, 11) is 0. The first-order valence-electron chi connectivity index (χ1n) is 13.6. The van der Waals surface area contributed by atoms with Crippen molar-refractivity contribution < 1.29 is 19.3 Å². The molecule has 0 amide bonds. The molecule has 4 heteroatoms. The molecular formula is C32H46O4. The average Bonchev–Trinajstić information content (AvgIpc) is 3.22. The monoisotopic (exact) mass is 494 g/mol. The number of ether oxygens (including phenoxy) is 3. The zero-order valence-corrected chi connectivity index (χ0v) is 23.6. The number of rotatable bonds is 11. The fourth-order valence-corrected chi connectivity index (χ4v) is 5.26. The second-order valence-corrected chi connectivity index (χ2v) is 10.7. The van der Waals surface area contributed by atoms with Crippen molar-refractivity contribution >= 4 is 6.08 Å². The van der Waals surface area contributed by atoms with E-state index in [9.17, 15) is 5.11 Å². The van der Waals surface area contributed by atoms with Crippen LogP contribution < -0.4 is 4.74 Å². The lowest BCUT2D eigenvalue weighted by molar-refractivity contribution is -0.141. The van der Waals surface area contributed by atoms with Crippen molar-refractivity contribution in [2.75, 3.05) is 13.2 Å². The Kier molecular flexibility index (Phi) is 9.08. The van der Waals surface area contributed by atoms with Crippen LogP contribution in [0.3, 0.4) is 0 Å². The van der Waals surface area contributed by atoms with Crippen molar-refractivity contribution in [1.29, 1.82) is 0 Å². The third kappa shape index (κ3) is 6.22. The van der Waals surface area contributed by atoms with E-state index in [1.807, 2.05) is 33.8 Å². The van der Waals surface area contributed by atoms with E-state index >= 15 is 0 Å². The largest absolute Gasteiger partial charge is 0.491 e. The lowest BCUT2D eigenvalue weighted by Gasteiger charge is -2.34. The Hall–Kier alpha value is -2.14.